The number of fused-ring (bicyclic) bond motifs is 2. The largest absolute Gasteiger partial charge is 0.306 e. The van der Waals surface area contributed by atoms with Gasteiger partial charge < -0.3 is 4.90 Å². The number of hydrogen-bond acceptors (Lipinski definition) is 6. The van der Waals surface area contributed by atoms with Crippen LogP contribution in [-0.4, -0.2) is 54.4 Å². The lowest BCUT2D eigenvalue weighted by Gasteiger charge is -2.28. The number of piperidine rings is 1. The van der Waals surface area contributed by atoms with Crippen molar-refractivity contribution in [3.63, 3.8) is 0 Å². The first-order valence-electron chi connectivity index (χ1n) is 11.7. The van der Waals surface area contributed by atoms with Gasteiger partial charge in [-0.2, -0.15) is 5.10 Å². The summed E-state index contributed by atoms with van der Waals surface area (Å²) in [5, 5.41) is 15.1. The highest BCUT2D eigenvalue weighted by atomic mass is 32.2. The summed E-state index contributed by atoms with van der Waals surface area (Å²) >= 11 is 1.62. The summed E-state index contributed by atoms with van der Waals surface area (Å²) in [6.07, 6.45) is 11.7. The molecular formula is C26H27N7S. The summed E-state index contributed by atoms with van der Waals surface area (Å²) in [4.78, 5) is 8.29. The van der Waals surface area contributed by atoms with Crippen molar-refractivity contribution in [3.05, 3.63) is 66.7 Å². The van der Waals surface area contributed by atoms with E-state index in [4.69, 9.17) is 4.98 Å². The molecule has 6 rings (SSSR count). The minimum Gasteiger partial charge on any atom is -0.306 e. The van der Waals surface area contributed by atoms with E-state index in [0.29, 0.717) is 0 Å². The first kappa shape index (κ1) is 21.3. The predicted octanol–water partition coefficient (Wildman–Crippen LogP) is 4.71. The van der Waals surface area contributed by atoms with Gasteiger partial charge in [-0.1, -0.05) is 0 Å². The summed E-state index contributed by atoms with van der Waals surface area (Å²) in [7, 11) is 4.14. The minimum atomic E-state index is 0.754. The quantitative estimate of drug-likeness (QED) is 0.371. The van der Waals surface area contributed by atoms with E-state index in [0.717, 1.165) is 44.7 Å². The lowest BCUT2D eigenvalue weighted by molar-refractivity contribution is 0.219. The molecule has 0 unspecified atom stereocenters. The fraction of sp³-hybridized carbons (Fsp3) is 0.308. The zero-order valence-corrected chi connectivity index (χ0v) is 20.2. The number of likely N-dealkylation sites (tertiary alicyclic amines) is 1. The van der Waals surface area contributed by atoms with Crippen LogP contribution < -0.4 is 0 Å². The van der Waals surface area contributed by atoms with E-state index < -0.39 is 0 Å². The molecule has 0 saturated carbocycles. The second kappa shape index (κ2) is 8.85. The molecule has 172 valence electrons. The Morgan fingerprint density at radius 2 is 1.82 bits per heavy atom. The van der Waals surface area contributed by atoms with Gasteiger partial charge in [-0.3, -0.25) is 14.1 Å². The molecule has 4 aromatic heterocycles. The average molecular weight is 470 g/mol. The molecule has 8 heteroatoms. The number of hydrogen-bond donors (Lipinski definition) is 0. The van der Waals surface area contributed by atoms with Crippen molar-refractivity contribution in [1.29, 1.82) is 0 Å². The van der Waals surface area contributed by atoms with Crippen LogP contribution in [0.1, 0.15) is 18.4 Å². The lowest BCUT2D eigenvalue weighted by atomic mass is 9.90. The van der Waals surface area contributed by atoms with E-state index in [2.05, 4.69) is 70.0 Å². The molecule has 1 aromatic carbocycles. The number of aromatic nitrogens is 6. The Kier molecular flexibility index (Phi) is 5.55. The number of rotatable bonds is 5. The molecule has 0 atom stereocenters. The third-order valence-corrected chi connectivity index (χ3v) is 7.64. The van der Waals surface area contributed by atoms with Gasteiger partial charge in [0.1, 0.15) is 0 Å². The maximum absolute atomic E-state index is 4.74. The average Bonchev–Trinajstić information content (AvgIpc) is 3.46. The molecule has 1 saturated heterocycles. The fourth-order valence-corrected chi connectivity index (χ4v) is 5.57. The van der Waals surface area contributed by atoms with Crippen LogP contribution >= 0.6 is 11.8 Å². The molecular weight excluding hydrogens is 442 g/mol. The van der Waals surface area contributed by atoms with E-state index in [1.807, 2.05) is 34.6 Å². The van der Waals surface area contributed by atoms with Crippen LogP contribution in [0, 0.1) is 5.92 Å². The Labute approximate surface area is 202 Å². The Bertz CT molecular complexity index is 1460. The molecule has 1 aliphatic heterocycles. The molecule has 0 bridgehead atoms. The highest BCUT2D eigenvalue weighted by Gasteiger charge is 2.17. The first-order valence-corrected chi connectivity index (χ1v) is 12.5. The number of aryl methyl sites for hydroxylation is 1. The normalized spacial score (nSPS) is 15.5. The van der Waals surface area contributed by atoms with E-state index >= 15 is 0 Å². The van der Waals surface area contributed by atoms with E-state index in [1.54, 1.807) is 11.8 Å². The SMILES string of the molecule is CN1CCC(Cc2cnc3ccc(Sc4nnc5ccc(-c6cnn(C)c6)cn45)cc3c2)CC1. The Morgan fingerprint density at radius 3 is 2.65 bits per heavy atom. The Hall–Kier alpha value is -3.23. The molecule has 5 aromatic rings. The standard InChI is InChI=1S/C26H27N7S/c1-31-9-7-18(8-10-31)11-19-12-21-13-23(4-5-24(21)27-14-19)34-26-30-29-25-6-3-20(17-33(25)26)22-15-28-32(2)16-22/h3-6,12-18H,7-11H2,1-2H3. The highest BCUT2D eigenvalue weighted by Crippen LogP contribution is 2.31. The number of nitrogens with zero attached hydrogens (tertiary/aromatic N) is 7. The van der Waals surface area contributed by atoms with E-state index in [9.17, 15) is 0 Å². The fourth-order valence-electron chi connectivity index (χ4n) is 4.72. The van der Waals surface area contributed by atoms with Crippen molar-refractivity contribution in [1.82, 2.24) is 34.3 Å². The third-order valence-electron chi connectivity index (χ3n) is 6.69. The molecule has 7 nitrogen and oxygen atoms in total. The van der Waals surface area contributed by atoms with Crippen LogP contribution in [0.15, 0.2) is 71.2 Å². The second-order valence-corrected chi connectivity index (χ2v) is 10.3. The van der Waals surface area contributed by atoms with Gasteiger partial charge in [-0.15, -0.1) is 10.2 Å². The van der Waals surface area contributed by atoms with Crippen LogP contribution in [0.5, 0.6) is 0 Å². The van der Waals surface area contributed by atoms with Gasteiger partial charge in [0, 0.05) is 47.0 Å². The van der Waals surface area contributed by atoms with Crippen molar-refractivity contribution >= 4 is 28.3 Å². The summed E-state index contributed by atoms with van der Waals surface area (Å²) in [5.41, 5.74) is 5.35. The molecule has 1 fully saturated rings. The maximum atomic E-state index is 4.74. The first-order chi connectivity index (χ1) is 16.6. The lowest BCUT2D eigenvalue weighted by Crippen LogP contribution is -2.30. The molecule has 0 radical (unpaired) electrons. The molecule has 0 aliphatic carbocycles. The third kappa shape index (κ3) is 4.31. The summed E-state index contributed by atoms with van der Waals surface area (Å²) in [6.45, 7) is 2.39. The Balaban J connectivity index is 1.26. The van der Waals surface area contributed by atoms with Gasteiger partial charge in [-0.05, 0) is 99.0 Å². The molecule has 0 amide bonds. The highest BCUT2D eigenvalue weighted by molar-refractivity contribution is 7.99. The number of pyridine rings is 2. The van der Waals surface area contributed by atoms with Crippen molar-refractivity contribution in [2.45, 2.75) is 29.3 Å². The van der Waals surface area contributed by atoms with Crippen LogP contribution in [0.4, 0.5) is 0 Å². The van der Waals surface area contributed by atoms with Crippen molar-refractivity contribution in [2.75, 3.05) is 20.1 Å². The minimum absolute atomic E-state index is 0.754. The van der Waals surface area contributed by atoms with Crippen molar-refractivity contribution in [3.8, 4) is 11.1 Å². The molecule has 5 heterocycles. The van der Waals surface area contributed by atoms with Gasteiger partial charge in [-0.25, -0.2) is 0 Å². The zero-order chi connectivity index (χ0) is 23.1. The maximum Gasteiger partial charge on any atom is 0.200 e. The van der Waals surface area contributed by atoms with Gasteiger partial charge in [0.15, 0.2) is 10.8 Å². The van der Waals surface area contributed by atoms with Gasteiger partial charge >= 0.3 is 0 Å². The molecule has 0 spiro atoms. The smallest absolute Gasteiger partial charge is 0.200 e. The molecule has 34 heavy (non-hydrogen) atoms. The Morgan fingerprint density at radius 1 is 0.941 bits per heavy atom. The van der Waals surface area contributed by atoms with E-state index in [-0.39, 0.29) is 0 Å². The summed E-state index contributed by atoms with van der Waals surface area (Å²) < 4.78 is 3.86. The topological polar surface area (TPSA) is 64.1 Å². The van der Waals surface area contributed by atoms with Gasteiger partial charge in [0.2, 0.25) is 0 Å². The zero-order valence-electron chi connectivity index (χ0n) is 19.4. The molecule has 1 aliphatic rings. The van der Waals surface area contributed by atoms with Crippen LogP contribution in [0.2, 0.25) is 0 Å². The number of benzene rings is 1. The second-order valence-electron chi connectivity index (χ2n) is 9.28. The van der Waals surface area contributed by atoms with Crippen LogP contribution in [0.25, 0.3) is 27.7 Å². The predicted molar refractivity (Wildman–Crippen MR) is 135 cm³/mol. The van der Waals surface area contributed by atoms with E-state index in [1.165, 1.54) is 36.9 Å². The van der Waals surface area contributed by atoms with Gasteiger partial charge in [0.25, 0.3) is 0 Å². The summed E-state index contributed by atoms with van der Waals surface area (Å²) in [5.74, 6) is 0.754. The van der Waals surface area contributed by atoms with Crippen molar-refractivity contribution < 1.29 is 0 Å². The van der Waals surface area contributed by atoms with Crippen LogP contribution in [0.3, 0.4) is 0 Å². The monoisotopic (exact) mass is 469 g/mol. The van der Waals surface area contributed by atoms with Crippen LogP contribution in [-0.2, 0) is 13.5 Å². The molecule has 0 N–H and O–H groups in total. The summed E-state index contributed by atoms with van der Waals surface area (Å²) in [6, 6.07) is 12.8. The van der Waals surface area contributed by atoms with Crippen molar-refractivity contribution in [2.24, 2.45) is 13.0 Å². The van der Waals surface area contributed by atoms with Gasteiger partial charge in [0.05, 0.1) is 11.7 Å².